The standard InChI is InChI=1S/C21H32O5/c1-6-24-20(23)26-15-21(17(4)5,13-12-16(2)3)14-25-19(22)18-10-8-7-9-11-18/h7-11,16-17H,6,12-15H2,1-5H3. The van der Waals surface area contributed by atoms with E-state index in [0.29, 0.717) is 11.5 Å². The van der Waals surface area contributed by atoms with Gasteiger partial charge >= 0.3 is 12.1 Å². The van der Waals surface area contributed by atoms with E-state index in [-0.39, 0.29) is 31.7 Å². The maximum Gasteiger partial charge on any atom is 0.508 e. The third kappa shape index (κ3) is 7.06. The van der Waals surface area contributed by atoms with Crippen molar-refractivity contribution in [1.29, 1.82) is 0 Å². The lowest BCUT2D eigenvalue weighted by Crippen LogP contribution is -2.39. The van der Waals surface area contributed by atoms with Gasteiger partial charge in [-0.2, -0.15) is 0 Å². The average Bonchev–Trinajstić information content (AvgIpc) is 2.61. The zero-order valence-corrected chi connectivity index (χ0v) is 16.6. The molecule has 0 aliphatic heterocycles. The summed E-state index contributed by atoms with van der Waals surface area (Å²) in [5, 5.41) is 0. The third-order valence-electron chi connectivity index (χ3n) is 4.68. The summed E-state index contributed by atoms with van der Waals surface area (Å²) in [5.41, 5.74) is 0.0712. The van der Waals surface area contributed by atoms with Gasteiger partial charge in [-0.25, -0.2) is 9.59 Å². The van der Waals surface area contributed by atoms with Crippen LogP contribution in [0.1, 0.15) is 57.8 Å². The van der Waals surface area contributed by atoms with Gasteiger partial charge in [0.25, 0.3) is 0 Å². The molecule has 146 valence electrons. The number of hydrogen-bond acceptors (Lipinski definition) is 5. The second kappa shape index (κ2) is 10.8. The highest BCUT2D eigenvalue weighted by Gasteiger charge is 2.37. The van der Waals surface area contributed by atoms with Crippen LogP contribution < -0.4 is 0 Å². The van der Waals surface area contributed by atoms with Crippen LogP contribution in [0, 0.1) is 17.3 Å². The first-order valence-corrected chi connectivity index (χ1v) is 9.32. The lowest BCUT2D eigenvalue weighted by molar-refractivity contribution is -0.0373. The summed E-state index contributed by atoms with van der Waals surface area (Å²) in [5.74, 6) is 0.302. The molecular formula is C21H32O5. The minimum atomic E-state index is -0.684. The van der Waals surface area contributed by atoms with Crippen LogP contribution in [-0.4, -0.2) is 31.9 Å². The topological polar surface area (TPSA) is 61.8 Å². The van der Waals surface area contributed by atoms with Gasteiger partial charge in [0.1, 0.15) is 13.2 Å². The van der Waals surface area contributed by atoms with Crippen molar-refractivity contribution in [2.45, 2.75) is 47.5 Å². The molecule has 0 saturated carbocycles. The normalized spacial score (nSPS) is 13.3. The molecule has 0 aliphatic rings. The maximum absolute atomic E-state index is 12.3. The SMILES string of the molecule is CCOC(=O)OCC(CCC(C)C)(COC(=O)c1ccccc1)C(C)C. The number of rotatable bonds is 10. The summed E-state index contributed by atoms with van der Waals surface area (Å²) < 4.78 is 15.8. The van der Waals surface area contributed by atoms with Crippen LogP contribution in [0.5, 0.6) is 0 Å². The zero-order valence-electron chi connectivity index (χ0n) is 16.6. The molecule has 1 rings (SSSR count). The van der Waals surface area contributed by atoms with Crippen molar-refractivity contribution in [2.24, 2.45) is 17.3 Å². The van der Waals surface area contributed by atoms with E-state index in [0.717, 1.165) is 12.8 Å². The zero-order chi connectivity index (χ0) is 19.6. The Morgan fingerprint density at radius 2 is 1.58 bits per heavy atom. The third-order valence-corrected chi connectivity index (χ3v) is 4.68. The van der Waals surface area contributed by atoms with E-state index in [9.17, 15) is 9.59 Å². The molecule has 0 fully saturated rings. The fraction of sp³-hybridized carbons (Fsp3) is 0.619. The summed E-state index contributed by atoms with van der Waals surface area (Å²) in [6.07, 6.45) is 1.06. The van der Waals surface area contributed by atoms with Crippen LogP contribution in [0.2, 0.25) is 0 Å². The van der Waals surface area contributed by atoms with Crippen LogP contribution in [0.25, 0.3) is 0 Å². The molecule has 0 spiro atoms. The fourth-order valence-corrected chi connectivity index (χ4v) is 2.61. The molecule has 0 N–H and O–H groups in total. The van der Waals surface area contributed by atoms with Crippen LogP contribution in [0.4, 0.5) is 4.79 Å². The molecular weight excluding hydrogens is 332 g/mol. The lowest BCUT2D eigenvalue weighted by atomic mass is 9.74. The predicted octanol–water partition coefficient (Wildman–Crippen LogP) is 5.10. The lowest BCUT2D eigenvalue weighted by Gasteiger charge is -2.37. The minimum Gasteiger partial charge on any atom is -0.461 e. The molecule has 1 aromatic rings. The summed E-state index contributed by atoms with van der Waals surface area (Å²) >= 11 is 0. The highest BCUT2D eigenvalue weighted by molar-refractivity contribution is 5.89. The van der Waals surface area contributed by atoms with E-state index in [1.807, 2.05) is 6.07 Å². The maximum atomic E-state index is 12.3. The molecule has 0 heterocycles. The van der Waals surface area contributed by atoms with Gasteiger partial charge in [-0.05, 0) is 37.3 Å². The van der Waals surface area contributed by atoms with E-state index < -0.39 is 11.6 Å². The molecule has 0 amide bonds. The van der Waals surface area contributed by atoms with Crippen molar-refractivity contribution in [3.05, 3.63) is 35.9 Å². The smallest absolute Gasteiger partial charge is 0.461 e. The summed E-state index contributed by atoms with van der Waals surface area (Å²) in [4.78, 5) is 24.0. The van der Waals surface area contributed by atoms with Crippen LogP contribution in [0.15, 0.2) is 30.3 Å². The van der Waals surface area contributed by atoms with Crippen molar-refractivity contribution in [3.63, 3.8) is 0 Å². The van der Waals surface area contributed by atoms with Crippen molar-refractivity contribution in [2.75, 3.05) is 19.8 Å². The highest BCUT2D eigenvalue weighted by Crippen LogP contribution is 2.35. The Kier molecular flexibility index (Phi) is 9.17. The van der Waals surface area contributed by atoms with Gasteiger partial charge in [-0.3, -0.25) is 0 Å². The number of carbonyl (C=O) groups is 2. The van der Waals surface area contributed by atoms with Gasteiger partial charge in [0.05, 0.1) is 12.2 Å². The van der Waals surface area contributed by atoms with Crippen molar-refractivity contribution < 1.29 is 23.8 Å². The Morgan fingerprint density at radius 1 is 0.962 bits per heavy atom. The number of benzene rings is 1. The van der Waals surface area contributed by atoms with E-state index in [2.05, 4.69) is 27.7 Å². The second-order valence-electron chi connectivity index (χ2n) is 7.36. The highest BCUT2D eigenvalue weighted by atomic mass is 16.7. The number of carbonyl (C=O) groups excluding carboxylic acids is 2. The van der Waals surface area contributed by atoms with E-state index in [1.165, 1.54) is 0 Å². The van der Waals surface area contributed by atoms with Crippen molar-refractivity contribution in [3.8, 4) is 0 Å². The molecule has 0 aromatic heterocycles. The van der Waals surface area contributed by atoms with Crippen molar-refractivity contribution >= 4 is 12.1 Å². The van der Waals surface area contributed by atoms with E-state index in [1.54, 1.807) is 31.2 Å². The van der Waals surface area contributed by atoms with Gasteiger partial charge < -0.3 is 14.2 Å². The van der Waals surface area contributed by atoms with Crippen LogP contribution in [-0.2, 0) is 14.2 Å². The van der Waals surface area contributed by atoms with Crippen molar-refractivity contribution in [1.82, 2.24) is 0 Å². The molecule has 0 bridgehead atoms. The summed E-state index contributed by atoms with van der Waals surface area (Å²) in [6, 6.07) is 8.90. The monoisotopic (exact) mass is 364 g/mol. The molecule has 0 aliphatic carbocycles. The molecule has 5 nitrogen and oxygen atoms in total. The minimum absolute atomic E-state index is 0.165. The average molecular weight is 364 g/mol. The first-order chi connectivity index (χ1) is 12.3. The van der Waals surface area contributed by atoms with E-state index in [4.69, 9.17) is 14.2 Å². The molecule has 0 radical (unpaired) electrons. The van der Waals surface area contributed by atoms with Gasteiger partial charge in [-0.15, -0.1) is 0 Å². The van der Waals surface area contributed by atoms with Gasteiger partial charge in [0, 0.05) is 5.41 Å². The summed E-state index contributed by atoms with van der Waals surface area (Å²) in [7, 11) is 0. The molecule has 0 saturated heterocycles. The molecule has 26 heavy (non-hydrogen) atoms. The van der Waals surface area contributed by atoms with Gasteiger partial charge in [0.2, 0.25) is 0 Å². The Bertz CT molecular complexity index is 553. The second-order valence-corrected chi connectivity index (χ2v) is 7.36. The Balaban J connectivity index is 2.85. The summed E-state index contributed by atoms with van der Waals surface area (Å²) in [6.45, 7) is 10.8. The van der Waals surface area contributed by atoms with Crippen LogP contribution in [0.3, 0.4) is 0 Å². The first kappa shape index (κ1) is 22.0. The first-order valence-electron chi connectivity index (χ1n) is 9.32. The molecule has 1 unspecified atom stereocenters. The van der Waals surface area contributed by atoms with Gasteiger partial charge in [-0.1, -0.05) is 52.3 Å². The molecule has 1 atom stereocenters. The fourth-order valence-electron chi connectivity index (χ4n) is 2.61. The predicted molar refractivity (Wildman–Crippen MR) is 101 cm³/mol. The van der Waals surface area contributed by atoms with Gasteiger partial charge in [0.15, 0.2) is 0 Å². The largest absolute Gasteiger partial charge is 0.508 e. The Hall–Kier alpha value is -2.04. The number of ether oxygens (including phenoxy) is 3. The Labute approximate surface area is 157 Å². The molecule has 5 heteroatoms. The molecule has 1 aromatic carbocycles. The number of hydrogen-bond donors (Lipinski definition) is 0. The Morgan fingerprint density at radius 3 is 2.12 bits per heavy atom. The quantitative estimate of drug-likeness (QED) is 0.541. The van der Waals surface area contributed by atoms with Crippen LogP contribution >= 0.6 is 0 Å². The van der Waals surface area contributed by atoms with E-state index >= 15 is 0 Å². The number of esters is 1.